The molecule has 2 aromatic rings. The smallest absolute Gasteiger partial charge is 0.355 e. The minimum Gasteiger partial charge on any atom is -0.464 e. The summed E-state index contributed by atoms with van der Waals surface area (Å²) >= 11 is 2.19. The highest BCUT2D eigenvalue weighted by atomic mass is 127. The lowest BCUT2D eigenvalue weighted by Crippen LogP contribution is -2.36. The van der Waals surface area contributed by atoms with Crippen LogP contribution in [0.15, 0.2) is 18.2 Å². The number of methoxy groups -OCH3 is 1. The van der Waals surface area contributed by atoms with Crippen molar-refractivity contribution in [2.45, 2.75) is 32.6 Å². The van der Waals surface area contributed by atoms with Gasteiger partial charge in [0.15, 0.2) is 0 Å². The Morgan fingerprint density at radius 2 is 1.92 bits per heavy atom. The van der Waals surface area contributed by atoms with Crippen molar-refractivity contribution < 1.29 is 14.3 Å². The van der Waals surface area contributed by atoms with Gasteiger partial charge >= 0.3 is 5.97 Å². The van der Waals surface area contributed by atoms with Crippen molar-refractivity contribution in [3.8, 4) is 0 Å². The Bertz CT molecular complexity index is 825. The minimum atomic E-state index is -0.325. The number of likely N-dealkylation sites (tertiary alicyclic amines) is 1. The maximum atomic E-state index is 12.0. The van der Waals surface area contributed by atoms with E-state index in [1.54, 1.807) is 6.92 Å². The highest BCUT2D eigenvalue weighted by Gasteiger charge is 2.25. The van der Waals surface area contributed by atoms with Crippen LogP contribution in [0, 0.1) is 6.92 Å². The van der Waals surface area contributed by atoms with Gasteiger partial charge < -0.3 is 9.64 Å². The number of carbonyl (C=O) groups is 2. The number of halogens is 1. The van der Waals surface area contributed by atoms with E-state index in [1.807, 2.05) is 14.9 Å². The van der Waals surface area contributed by atoms with Gasteiger partial charge in [-0.2, -0.15) is 0 Å². The standard InChI is InChI=1S/C18H21IN2O3S/c1-11-8-14-9-17(18(23)24-3)21(25-19)16(14)10-15(11)13-4-6-20(7-5-13)12(2)22/h8-10,13H,4-7H2,1-3H3. The van der Waals surface area contributed by atoms with Crippen LogP contribution < -0.4 is 0 Å². The summed E-state index contributed by atoms with van der Waals surface area (Å²) in [6, 6.07) is 6.25. The third-order valence-corrected chi connectivity index (χ3v) is 6.70. The second-order valence-electron chi connectivity index (χ2n) is 6.43. The van der Waals surface area contributed by atoms with Crippen molar-refractivity contribution in [1.29, 1.82) is 0 Å². The van der Waals surface area contributed by atoms with Gasteiger partial charge in [-0.3, -0.25) is 8.77 Å². The highest BCUT2D eigenvalue weighted by Crippen LogP contribution is 2.36. The Balaban J connectivity index is 1.98. The van der Waals surface area contributed by atoms with Crippen LogP contribution in [0.3, 0.4) is 0 Å². The van der Waals surface area contributed by atoms with Crippen LogP contribution in [-0.4, -0.2) is 40.9 Å². The third-order valence-electron chi connectivity index (χ3n) is 4.99. The molecular formula is C18H21IN2O3S. The number of hydrogen-bond acceptors (Lipinski definition) is 4. The fourth-order valence-electron chi connectivity index (χ4n) is 3.63. The van der Waals surface area contributed by atoms with Gasteiger partial charge in [-0.15, -0.1) is 0 Å². The molecule has 1 fully saturated rings. The van der Waals surface area contributed by atoms with Crippen LogP contribution in [0.1, 0.15) is 47.3 Å². The lowest BCUT2D eigenvalue weighted by atomic mass is 9.86. The molecule has 0 aliphatic carbocycles. The Morgan fingerprint density at radius 3 is 2.48 bits per heavy atom. The number of nitrogens with zero attached hydrogens (tertiary/aromatic N) is 2. The van der Waals surface area contributed by atoms with Crippen molar-refractivity contribution in [2.24, 2.45) is 0 Å². The topological polar surface area (TPSA) is 51.5 Å². The van der Waals surface area contributed by atoms with E-state index in [9.17, 15) is 9.59 Å². The molecule has 1 aromatic heterocycles. The lowest BCUT2D eigenvalue weighted by Gasteiger charge is -2.32. The van der Waals surface area contributed by atoms with E-state index in [1.165, 1.54) is 27.4 Å². The van der Waals surface area contributed by atoms with Gasteiger partial charge in [0.25, 0.3) is 0 Å². The zero-order valence-electron chi connectivity index (χ0n) is 14.5. The molecule has 0 spiro atoms. The minimum absolute atomic E-state index is 0.156. The largest absolute Gasteiger partial charge is 0.464 e. The number of rotatable bonds is 3. The summed E-state index contributed by atoms with van der Waals surface area (Å²) in [6.45, 7) is 5.38. The summed E-state index contributed by atoms with van der Waals surface area (Å²) in [7, 11) is 2.88. The summed E-state index contributed by atoms with van der Waals surface area (Å²) in [5.74, 6) is 0.280. The first-order valence-corrected chi connectivity index (χ1v) is 11.6. The molecule has 1 saturated heterocycles. The third kappa shape index (κ3) is 3.53. The van der Waals surface area contributed by atoms with E-state index < -0.39 is 0 Å². The lowest BCUT2D eigenvalue weighted by molar-refractivity contribution is -0.129. The molecule has 1 aromatic carbocycles. The summed E-state index contributed by atoms with van der Waals surface area (Å²) in [5.41, 5.74) is 4.15. The number of amides is 1. The Labute approximate surface area is 163 Å². The number of esters is 1. The predicted octanol–water partition coefficient (Wildman–Crippen LogP) is 4.31. The monoisotopic (exact) mass is 472 g/mol. The second-order valence-corrected chi connectivity index (χ2v) is 8.12. The number of ether oxygens (including phenoxy) is 1. The number of aromatic nitrogens is 1. The molecule has 0 saturated carbocycles. The molecule has 7 heteroatoms. The summed E-state index contributed by atoms with van der Waals surface area (Å²) in [4.78, 5) is 25.5. The molecule has 0 unspecified atom stereocenters. The van der Waals surface area contributed by atoms with Crippen LogP contribution in [0.4, 0.5) is 0 Å². The molecule has 0 radical (unpaired) electrons. The van der Waals surface area contributed by atoms with E-state index in [2.05, 4.69) is 40.3 Å². The van der Waals surface area contributed by atoms with Gasteiger partial charge in [0.1, 0.15) is 5.69 Å². The highest BCUT2D eigenvalue weighted by molar-refractivity contribution is 14.2. The van der Waals surface area contributed by atoms with Crippen LogP contribution in [0.25, 0.3) is 10.9 Å². The van der Waals surface area contributed by atoms with Gasteiger partial charge in [-0.1, -0.05) is 0 Å². The van der Waals surface area contributed by atoms with E-state index in [4.69, 9.17) is 4.74 Å². The van der Waals surface area contributed by atoms with Crippen LogP contribution in [0.5, 0.6) is 0 Å². The quantitative estimate of drug-likeness (QED) is 0.494. The number of piperidine rings is 1. The number of fused-ring (bicyclic) bond motifs is 1. The van der Waals surface area contributed by atoms with E-state index in [0.29, 0.717) is 11.6 Å². The van der Waals surface area contributed by atoms with Gasteiger partial charge in [-0.05, 0) is 55.0 Å². The van der Waals surface area contributed by atoms with E-state index >= 15 is 0 Å². The van der Waals surface area contributed by atoms with Gasteiger partial charge in [-0.25, -0.2) is 4.79 Å². The molecule has 3 rings (SSSR count). The average Bonchev–Trinajstić information content (AvgIpc) is 2.97. The molecular weight excluding hydrogens is 451 g/mol. The molecule has 0 atom stereocenters. The average molecular weight is 472 g/mol. The zero-order valence-corrected chi connectivity index (χ0v) is 17.5. The SMILES string of the molecule is COC(=O)c1cc2cc(C)c(C3CCN(C(C)=O)CC3)cc2n1SI. The normalized spacial score (nSPS) is 15.6. The summed E-state index contributed by atoms with van der Waals surface area (Å²) in [6.07, 6.45) is 1.96. The molecule has 0 N–H and O–H groups in total. The maximum absolute atomic E-state index is 12.0. The second kappa shape index (κ2) is 7.57. The van der Waals surface area contributed by atoms with Gasteiger partial charge in [0.2, 0.25) is 5.91 Å². The van der Waals surface area contributed by atoms with Gasteiger partial charge in [0, 0.05) is 55.7 Å². The Hall–Kier alpha value is -1.22. The molecule has 1 aliphatic rings. The first-order valence-electron chi connectivity index (χ1n) is 8.25. The summed E-state index contributed by atoms with van der Waals surface area (Å²) in [5, 5.41) is 1.05. The number of carbonyl (C=O) groups excluding carboxylic acids is 2. The summed E-state index contributed by atoms with van der Waals surface area (Å²) < 4.78 is 6.83. The van der Waals surface area contributed by atoms with Crippen molar-refractivity contribution >= 4 is 53.1 Å². The van der Waals surface area contributed by atoms with Crippen molar-refractivity contribution in [2.75, 3.05) is 20.2 Å². The first-order chi connectivity index (χ1) is 12.0. The zero-order chi connectivity index (χ0) is 18.1. The van der Waals surface area contributed by atoms with Crippen LogP contribution >= 0.6 is 30.3 Å². The number of aryl methyl sites for hydroxylation is 1. The predicted molar refractivity (Wildman–Crippen MR) is 109 cm³/mol. The van der Waals surface area contributed by atoms with E-state index in [0.717, 1.165) is 36.8 Å². The maximum Gasteiger partial charge on any atom is 0.355 e. The molecule has 5 nitrogen and oxygen atoms in total. The molecule has 2 heterocycles. The first kappa shape index (κ1) is 18.6. The van der Waals surface area contributed by atoms with Gasteiger partial charge in [0.05, 0.1) is 12.6 Å². The molecule has 134 valence electrons. The fourth-order valence-corrected chi connectivity index (χ4v) is 5.34. The van der Waals surface area contributed by atoms with E-state index in [-0.39, 0.29) is 11.9 Å². The molecule has 1 amide bonds. The Morgan fingerprint density at radius 1 is 1.24 bits per heavy atom. The van der Waals surface area contributed by atoms with Crippen molar-refractivity contribution in [3.63, 3.8) is 0 Å². The Kier molecular flexibility index (Phi) is 5.62. The van der Waals surface area contributed by atoms with Crippen LogP contribution in [0.2, 0.25) is 0 Å². The molecule has 25 heavy (non-hydrogen) atoms. The van der Waals surface area contributed by atoms with Crippen molar-refractivity contribution in [1.82, 2.24) is 8.87 Å². The number of hydrogen-bond donors (Lipinski definition) is 0. The van der Waals surface area contributed by atoms with Crippen molar-refractivity contribution in [3.05, 3.63) is 35.0 Å². The van der Waals surface area contributed by atoms with Crippen LogP contribution in [-0.2, 0) is 9.53 Å². The molecule has 0 bridgehead atoms. The molecule has 1 aliphatic heterocycles. The number of benzene rings is 1. The fraction of sp³-hybridized carbons (Fsp3) is 0.444.